The molecule has 9 heteroatoms. The van der Waals surface area contributed by atoms with E-state index in [0.29, 0.717) is 0 Å². The van der Waals surface area contributed by atoms with Crippen molar-refractivity contribution in [1.29, 1.82) is 0 Å². The van der Waals surface area contributed by atoms with Gasteiger partial charge in [0, 0.05) is 6.20 Å². The van der Waals surface area contributed by atoms with Crippen LogP contribution in [0.5, 0.6) is 0 Å². The first-order chi connectivity index (χ1) is 9.04. The summed E-state index contributed by atoms with van der Waals surface area (Å²) in [6.07, 6.45) is 2.26. The molecule has 1 aromatic rings. The Morgan fingerprint density at radius 2 is 2.42 bits per heavy atom. The number of rotatable bonds is 6. The molecule has 0 aliphatic rings. The highest BCUT2D eigenvalue weighted by molar-refractivity contribution is 5.97. The second-order valence-corrected chi connectivity index (χ2v) is 3.35. The third-order valence-corrected chi connectivity index (χ3v) is 1.95. The summed E-state index contributed by atoms with van der Waals surface area (Å²) in [7, 11) is 0. The van der Waals surface area contributed by atoms with Gasteiger partial charge < -0.3 is 10.5 Å². The van der Waals surface area contributed by atoms with Crippen LogP contribution in [0.25, 0.3) is 0 Å². The lowest BCUT2D eigenvalue weighted by Crippen LogP contribution is -2.20. The number of anilines is 1. The van der Waals surface area contributed by atoms with Crippen LogP contribution < -0.4 is 11.2 Å². The molecule has 0 spiro atoms. The molecule has 3 N–H and O–H groups in total. The van der Waals surface area contributed by atoms with Crippen LogP contribution in [-0.2, 0) is 9.53 Å². The van der Waals surface area contributed by atoms with Crippen molar-refractivity contribution in [2.24, 2.45) is 10.8 Å². The quantitative estimate of drug-likeness (QED) is 0.254. The number of nitro groups is 1. The zero-order valence-electron chi connectivity index (χ0n) is 10.2. The molecular weight excluding hydrogens is 254 g/mol. The third-order valence-electron chi connectivity index (χ3n) is 1.95. The Labute approximate surface area is 108 Å². The minimum Gasteiger partial charge on any atom is -0.466 e. The normalized spacial score (nSPS) is 10.9. The highest BCUT2D eigenvalue weighted by Gasteiger charge is 2.13. The Kier molecular flexibility index (Phi) is 5.20. The number of pyridine rings is 1. The van der Waals surface area contributed by atoms with Crippen molar-refractivity contribution >= 4 is 23.2 Å². The molecular formula is C10H13N5O4. The Bertz CT molecular complexity index is 502. The van der Waals surface area contributed by atoms with E-state index in [2.05, 4.69) is 20.2 Å². The molecule has 102 valence electrons. The average Bonchev–Trinajstić information content (AvgIpc) is 2.36. The van der Waals surface area contributed by atoms with Gasteiger partial charge in [0.2, 0.25) is 0 Å². The van der Waals surface area contributed by atoms with Gasteiger partial charge in [0.15, 0.2) is 0 Å². The maximum atomic E-state index is 11.1. The van der Waals surface area contributed by atoms with Gasteiger partial charge in [-0.15, -0.1) is 0 Å². The number of carbonyl (C=O) groups is 1. The van der Waals surface area contributed by atoms with Crippen molar-refractivity contribution < 1.29 is 14.5 Å². The van der Waals surface area contributed by atoms with Crippen LogP contribution >= 0.6 is 0 Å². The highest BCUT2D eigenvalue weighted by atomic mass is 16.6. The van der Waals surface area contributed by atoms with Crippen molar-refractivity contribution in [3.63, 3.8) is 0 Å². The van der Waals surface area contributed by atoms with Crippen molar-refractivity contribution in [2.75, 3.05) is 12.0 Å². The summed E-state index contributed by atoms with van der Waals surface area (Å²) >= 11 is 0. The zero-order chi connectivity index (χ0) is 14.3. The summed E-state index contributed by atoms with van der Waals surface area (Å²) in [5.74, 6) is -0.556. The van der Waals surface area contributed by atoms with Crippen LogP contribution in [-0.4, -0.2) is 28.3 Å². The highest BCUT2D eigenvalue weighted by Crippen LogP contribution is 2.21. The number of hydrogen-bond donors (Lipinski definition) is 2. The summed E-state index contributed by atoms with van der Waals surface area (Å²) < 4.78 is 4.68. The first kappa shape index (κ1) is 14.4. The van der Waals surface area contributed by atoms with Gasteiger partial charge in [0.05, 0.1) is 11.5 Å². The lowest BCUT2D eigenvalue weighted by molar-refractivity contribution is -0.384. The lowest BCUT2D eigenvalue weighted by Gasteiger charge is -2.03. The van der Waals surface area contributed by atoms with Gasteiger partial charge in [0.25, 0.3) is 0 Å². The molecule has 1 rings (SSSR count). The van der Waals surface area contributed by atoms with Gasteiger partial charge in [-0.1, -0.05) is 0 Å². The number of nitrogens with two attached hydrogens (primary N) is 1. The van der Waals surface area contributed by atoms with E-state index in [1.165, 1.54) is 12.3 Å². The molecule has 0 fully saturated rings. The van der Waals surface area contributed by atoms with Gasteiger partial charge in [-0.25, -0.2) is 0 Å². The SMILES string of the molecule is CCOC(=O)C/C(N)=N\Nc1ccncc1[N+](=O)[O-]. The minimum atomic E-state index is -0.605. The molecule has 0 aromatic carbocycles. The first-order valence-corrected chi connectivity index (χ1v) is 5.36. The largest absolute Gasteiger partial charge is 0.466 e. The van der Waals surface area contributed by atoms with E-state index in [0.717, 1.165) is 6.20 Å². The summed E-state index contributed by atoms with van der Waals surface area (Å²) in [6, 6.07) is 1.37. The smallest absolute Gasteiger partial charge is 0.313 e. The Morgan fingerprint density at radius 3 is 3.05 bits per heavy atom. The van der Waals surface area contributed by atoms with E-state index >= 15 is 0 Å². The molecule has 19 heavy (non-hydrogen) atoms. The van der Waals surface area contributed by atoms with E-state index in [1.54, 1.807) is 6.92 Å². The average molecular weight is 267 g/mol. The molecule has 0 saturated carbocycles. The molecule has 0 saturated heterocycles. The fraction of sp³-hybridized carbons (Fsp3) is 0.300. The second kappa shape index (κ2) is 6.89. The summed E-state index contributed by atoms with van der Waals surface area (Å²) in [5, 5.41) is 14.4. The molecule has 9 nitrogen and oxygen atoms in total. The van der Waals surface area contributed by atoms with Crippen LogP contribution in [0, 0.1) is 10.1 Å². The maximum absolute atomic E-state index is 11.1. The number of hydrazone groups is 1. The fourth-order valence-corrected chi connectivity index (χ4v) is 1.16. The fourth-order valence-electron chi connectivity index (χ4n) is 1.16. The Balaban J connectivity index is 2.70. The van der Waals surface area contributed by atoms with E-state index in [-0.39, 0.29) is 30.2 Å². The number of amidine groups is 1. The Hall–Kier alpha value is -2.71. The number of carbonyl (C=O) groups excluding carboxylic acids is 1. The molecule has 0 unspecified atom stereocenters. The van der Waals surface area contributed by atoms with Crippen molar-refractivity contribution in [3.8, 4) is 0 Å². The second-order valence-electron chi connectivity index (χ2n) is 3.35. The third kappa shape index (κ3) is 4.58. The maximum Gasteiger partial charge on any atom is 0.313 e. The van der Waals surface area contributed by atoms with Gasteiger partial charge in [-0.2, -0.15) is 5.10 Å². The van der Waals surface area contributed by atoms with Crippen LogP contribution in [0.4, 0.5) is 11.4 Å². The molecule has 0 amide bonds. The standard InChI is InChI=1S/C10H13N5O4/c1-2-19-10(16)5-9(11)14-13-7-3-4-12-6-8(7)15(17)18/h3-4,6H,2,5H2,1H3,(H2,11,14)(H,12,13). The number of aromatic nitrogens is 1. The topological polar surface area (TPSA) is 133 Å². The summed E-state index contributed by atoms with van der Waals surface area (Å²) in [6.45, 7) is 1.92. The minimum absolute atomic E-state index is 0.0374. The molecule has 0 aliphatic carbocycles. The lowest BCUT2D eigenvalue weighted by atomic mass is 10.3. The summed E-state index contributed by atoms with van der Waals surface area (Å²) in [4.78, 5) is 24.8. The number of nitrogens with one attached hydrogen (secondary N) is 1. The predicted molar refractivity (Wildman–Crippen MR) is 67.4 cm³/mol. The van der Waals surface area contributed by atoms with Crippen LogP contribution in [0.2, 0.25) is 0 Å². The van der Waals surface area contributed by atoms with Crippen molar-refractivity contribution in [1.82, 2.24) is 4.98 Å². The predicted octanol–water partition coefficient (Wildman–Crippen LogP) is 0.627. The number of ether oxygens (including phenoxy) is 1. The molecule has 1 heterocycles. The monoisotopic (exact) mass is 267 g/mol. The van der Waals surface area contributed by atoms with E-state index in [1.807, 2.05) is 0 Å². The molecule has 0 aliphatic heterocycles. The number of nitrogens with zero attached hydrogens (tertiary/aromatic N) is 3. The Morgan fingerprint density at radius 1 is 1.68 bits per heavy atom. The van der Waals surface area contributed by atoms with Crippen molar-refractivity contribution in [3.05, 3.63) is 28.6 Å². The van der Waals surface area contributed by atoms with E-state index in [4.69, 9.17) is 5.73 Å². The van der Waals surface area contributed by atoms with E-state index in [9.17, 15) is 14.9 Å². The van der Waals surface area contributed by atoms with Crippen LogP contribution in [0.15, 0.2) is 23.6 Å². The van der Waals surface area contributed by atoms with Crippen LogP contribution in [0.3, 0.4) is 0 Å². The first-order valence-electron chi connectivity index (χ1n) is 5.36. The molecule has 0 atom stereocenters. The summed E-state index contributed by atoms with van der Waals surface area (Å²) in [5.41, 5.74) is 7.79. The van der Waals surface area contributed by atoms with Gasteiger partial charge in [0.1, 0.15) is 24.1 Å². The number of esters is 1. The molecule has 1 aromatic heterocycles. The van der Waals surface area contributed by atoms with Crippen LogP contribution in [0.1, 0.15) is 13.3 Å². The number of hydrogen-bond acceptors (Lipinski definition) is 7. The van der Waals surface area contributed by atoms with E-state index < -0.39 is 10.9 Å². The van der Waals surface area contributed by atoms with Gasteiger partial charge in [-0.05, 0) is 13.0 Å². The van der Waals surface area contributed by atoms with Gasteiger partial charge in [-0.3, -0.25) is 25.3 Å². The molecule has 0 bridgehead atoms. The van der Waals surface area contributed by atoms with Gasteiger partial charge >= 0.3 is 11.7 Å². The molecule has 0 radical (unpaired) electrons. The zero-order valence-corrected chi connectivity index (χ0v) is 10.2. The van der Waals surface area contributed by atoms with Crippen molar-refractivity contribution in [2.45, 2.75) is 13.3 Å².